The Morgan fingerprint density at radius 3 is 2.00 bits per heavy atom. The van der Waals surface area contributed by atoms with Gasteiger partial charge in [0.25, 0.3) is 0 Å². The van der Waals surface area contributed by atoms with Crippen LogP contribution in [0.15, 0.2) is 18.2 Å². The highest BCUT2D eigenvalue weighted by molar-refractivity contribution is 5.36. The van der Waals surface area contributed by atoms with E-state index in [2.05, 4.69) is 32.0 Å². The van der Waals surface area contributed by atoms with Gasteiger partial charge in [0.2, 0.25) is 0 Å². The second kappa shape index (κ2) is 4.79. The Morgan fingerprint density at radius 2 is 1.47 bits per heavy atom. The number of benzene rings is 1. The lowest BCUT2D eigenvalue weighted by Gasteiger charge is -2.30. The second-order valence-electron chi connectivity index (χ2n) is 6.04. The largest absolute Gasteiger partial charge is 0.230 e. The van der Waals surface area contributed by atoms with Gasteiger partial charge in [0.1, 0.15) is 5.60 Å². The zero-order valence-electron chi connectivity index (χ0n) is 12.0. The van der Waals surface area contributed by atoms with E-state index in [1.165, 1.54) is 16.7 Å². The number of rotatable bonds is 3. The van der Waals surface area contributed by atoms with Crippen LogP contribution in [0.25, 0.3) is 0 Å². The molecule has 0 unspecified atom stereocenters. The molecule has 0 aliphatic carbocycles. The summed E-state index contributed by atoms with van der Waals surface area (Å²) >= 11 is 0. The first-order chi connectivity index (χ1) is 7.63. The highest BCUT2D eigenvalue weighted by Gasteiger charge is 2.27. The van der Waals surface area contributed by atoms with E-state index in [0.717, 1.165) is 0 Å². The van der Waals surface area contributed by atoms with Crippen LogP contribution in [0, 0.1) is 13.8 Å². The predicted octanol–water partition coefficient (Wildman–Crippen LogP) is 4.29. The van der Waals surface area contributed by atoms with Crippen molar-refractivity contribution < 1.29 is 9.78 Å². The maximum absolute atomic E-state index is 5.62. The van der Waals surface area contributed by atoms with Crippen molar-refractivity contribution in [3.05, 3.63) is 34.9 Å². The average Bonchev–Trinajstić information content (AvgIpc) is 2.18. The minimum absolute atomic E-state index is 0.297. The van der Waals surface area contributed by atoms with Crippen LogP contribution in [0.2, 0.25) is 0 Å². The third kappa shape index (κ3) is 3.83. The van der Waals surface area contributed by atoms with E-state index in [1.54, 1.807) is 0 Å². The number of hydrogen-bond donors (Lipinski definition) is 0. The molecule has 0 radical (unpaired) electrons. The van der Waals surface area contributed by atoms with Gasteiger partial charge in [-0.2, -0.15) is 0 Å². The molecule has 0 amide bonds. The zero-order valence-corrected chi connectivity index (χ0v) is 12.0. The molecule has 0 saturated heterocycles. The summed E-state index contributed by atoms with van der Waals surface area (Å²) in [6.07, 6.45) is 0. The number of hydrogen-bond acceptors (Lipinski definition) is 2. The summed E-state index contributed by atoms with van der Waals surface area (Å²) in [5.41, 5.74) is 2.96. The molecule has 0 fully saturated rings. The third-order valence-electron chi connectivity index (χ3n) is 2.75. The van der Waals surface area contributed by atoms with E-state index in [1.807, 2.05) is 34.6 Å². The topological polar surface area (TPSA) is 18.5 Å². The lowest BCUT2D eigenvalue weighted by atomic mass is 9.91. The molecule has 17 heavy (non-hydrogen) atoms. The van der Waals surface area contributed by atoms with E-state index in [-0.39, 0.29) is 5.60 Å². The van der Waals surface area contributed by atoms with Gasteiger partial charge in [-0.1, -0.05) is 18.2 Å². The SMILES string of the molecule is Cc1cccc(C(C)(C)OOC(C)(C)C)c1C. The van der Waals surface area contributed by atoms with Crippen molar-refractivity contribution >= 4 is 0 Å². The summed E-state index contributed by atoms with van der Waals surface area (Å²) in [4.78, 5) is 11.1. The van der Waals surface area contributed by atoms with Crippen LogP contribution in [0.5, 0.6) is 0 Å². The smallest absolute Gasteiger partial charge is 0.123 e. The van der Waals surface area contributed by atoms with E-state index >= 15 is 0 Å². The van der Waals surface area contributed by atoms with Crippen LogP contribution in [-0.4, -0.2) is 5.60 Å². The van der Waals surface area contributed by atoms with Crippen LogP contribution in [0.4, 0.5) is 0 Å². The Hall–Kier alpha value is -0.860. The van der Waals surface area contributed by atoms with Crippen LogP contribution in [-0.2, 0) is 15.4 Å². The molecular weight excluding hydrogens is 212 g/mol. The molecule has 0 aliphatic heterocycles. The molecule has 0 spiro atoms. The van der Waals surface area contributed by atoms with Gasteiger partial charge in [0, 0.05) is 0 Å². The van der Waals surface area contributed by atoms with Gasteiger partial charge < -0.3 is 0 Å². The van der Waals surface area contributed by atoms with Gasteiger partial charge in [-0.25, -0.2) is 9.78 Å². The maximum Gasteiger partial charge on any atom is 0.123 e. The molecule has 0 bridgehead atoms. The van der Waals surface area contributed by atoms with Crippen molar-refractivity contribution in [3.63, 3.8) is 0 Å². The van der Waals surface area contributed by atoms with Gasteiger partial charge in [-0.05, 0) is 65.2 Å². The highest BCUT2D eigenvalue weighted by Crippen LogP contribution is 2.30. The summed E-state index contributed by atoms with van der Waals surface area (Å²) in [7, 11) is 0. The van der Waals surface area contributed by atoms with Crippen LogP contribution >= 0.6 is 0 Å². The quantitative estimate of drug-likeness (QED) is 0.576. The van der Waals surface area contributed by atoms with Crippen molar-refractivity contribution in [2.75, 3.05) is 0 Å². The molecule has 1 aromatic rings. The van der Waals surface area contributed by atoms with E-state index in [4.69, 9.17) is 9.78 Å². The number of aryl methyl sites for hydroxylation is 1. The van der Waals surface area contributed by atoms with Crippen molar-refractivity contribution in [1.82, 2.24) is 0 Å². The summed E-state index contributed by atoms with van der Waals surface area (Å²) < 4.78 is 0. The molecule has 0 atom stereocenters. The molecule has 0 aromatic heterocycles. The molecule has 0 heterocycles. The lowest BCUT2D eigenvalue weighted by Crippen LogP contribution is -2.29. The van der Waals surface area contributed by atoms with E-state index < -0.39 is 5.60 Å². The third-order valence-corrected chi connectivity index (χ3v) is 2.75. The van der Waals surface area contributed by atoms with Crippen LogP contribution in [0.1, 0.15) is 51.3 Å². The Bertz CT molecular complexity index is 386. The Kier molecular flexibility index (Phi) is 4.00. The molecule has 0 saturated carbocycles. The van der Waals surface area contributed by atoms with Gasteiger partial charge >= 0.3 is 0 Å². The summed E-state index contributed by atoms with van der Waals surface area (Å²) in [5.74, 6) is 0. The van der Waals surface area contributed by atoms with Crippen LogP contribution in [0.3, 0.4) is 0 Å². The van der Waals surface area contributed by atoms with E-state index in [9.17, 15) is 0 Å². The molecule has 1 rings (SSSR count). The standard InChI is InChI=1S/C15H24O2/c1-11-9-8-10-13(12(11)2)15(6,7)17-16-14(3,4)5/h8-10H,1-7H3. The summed E-state index contributed by atoms with van der Waals surface area (Å²) in [6.45, 7) is 14.2. The molecular formula is C15H24O2. The Balaban J connectivity index is 2.93. The zero-order chi connectivity index (χ0) is 13.3. The summed E-state index contributed by atoms with van der Waals surface area (Å²) in [6, 6.07) is 6.26. The molecule has 1 aromatic carbocycles. The molecule has 2 heteroatoms. The first-order valence-corrected chi connectivity index (χ1v) is 6.07. The molecule has 0 N–H and O–H groups in total. The fourth-order valence-electron chi connectivity index (χ4n) is 1.68. The minimum atomic E-state index is -0.441. The Labute approximate surface area is 105 Å². The molecule has 96 valence electrons. The van der Waals surface area contributed by atoms with Crippen molar-refractivity contribution in [1.29, 1.82) is 0 Å². The molecule has 0 aliphatic rings. The van der Waals surface area contributed by atoms with Crippen molar-refractivity contribution in [2.45, 2.75) is 59.7 Å². The van der Waals surface area contributed by atoms with Gasteiger partial charge in [-0.3, -0.25) is 0 Å². The van der Waals surface area contributed by atoms with Gasteiger partial charge in [-0.15, -0.1) is 0 Å². The van der Waals surface area contributed by atoms with Gasteiger partial charge in [0.05, 0.1) is 5.60 Å². The first kappa shape index (κ1) is 14.2. The van der Waals surface area contributed by atoms with Crippen molar-refractivity contribution in [3.8, 4) is 0 Å². The fraction of sp³-hybridized carbons (Fsp3) is 0.600. The predicted molar refractivity (Wildman–Crippen MR) is 70.9 cm³/mol. The lowest BCUT2D eigenvalue weighted by molar-refractivity contribution is -0.401. The minimum Gasteiger partial charge on any atom is -0.230 e. The van der Waals surface area contributed by atoms with Crippen molar-refractivity contribution in [2.24, 2.45) is 0 Å². The fourth-order valence-corrected chi connectivity index (χ4v) is 1.68. The van der Waals surface area contributed by atoms with Crippen LogP contribution < -0.4 is 0 Å². The highest BCUT2D eigenvalue weighted by atomic mass is 17.2. The second-order valence-corrected chi connectivity index (χ2v) is 6.04. The van der Waals surface area contributed by atoms with E-state index in [0.29, 0.717) is 0 Å². The Morgan fingerprint density at radius 1 is 0.882 bits per heavy atom. The maximum atomic E-state index is 5.62. The molecule has 2 nitrogen and oxygen atoms in total. The monoisotopic (exact) mass is 236 g/mol. The summed E-state index contributed by atoms with van der Waals surface area (Å²) in [5, 5.41) is 0. The first-order valence-electron chi connectivity index (χ1n) is 6.07. The van der Waals surface area contributed by atoms with Gasteiger partial charge in [0.15, 0.2) is 0 Å². The normalized spacial score (nSPS) is 12.9. The average molecular weight is 236 g/mol.